The highest BCUT2D eigenvalue weighted by Crippen LogP contribution is 2.29. The quantitative estimate of drug-likeness (QED) is 0.768. The summed E-state index contributed by atoms with van der Waals surface area (Å²) in [5, 5.41) is 0. The number of amides is 1. The molecule has 0 unspecified atom stereocenters. The van der Waals surface area contributed by atoms with Crippen molar-refractivity contribution >= 4 is 5.91 Å². The molecule has 0 aliphatic rings. The van der Waals surface area contributed by atoms with E-state index in [2.05, 4.69) is 27.7 Å². The lowest BCUT2D eigenvalue weighted by atomic mass is 10.1. The normalized spacial score (nSPS) is 13.4. The molecule has 0 aliphatic heterocycles. The van der Waals surface area contributed by atoms with Crippen molar-refractivity contribution in [1.29, 1.82) is 0 Å². The van der Waals surface area contributed by atoms with Crippen LogP contribution in [0.3, 0.4) is 0 Å². The number of carbonyl (C=O) groups excluding carboxylic acids is 1. The van der Waals surface area contributed by atoms with Crippen molar-refractivity contribution in [1.82, 2.24) is 4.90 Å². The molecule has 0 N–H and O–H groups in total. The summed E-state index contributed by atoms with van der Waals surface area (Å²) in [6.07, 6.45) is 1.87. The molecule has 0 spiro atoms. The molecule has 4 nitrogen and oxygen atoms in total. The Morgan fingerprint density at radius 1 is 1.05 bits per heavy atom. The van der Waals surface area contributed by atoms with Crippen LogP contribution in [0.25, 0.3) is 0 Å². The van der Waals surface area contributed by atoms with Crippen LogP contribution in [0.4, 0.5) is 0 Å². The van der Waals surface area contributed by atoms with Crippen LogP contribution in [-0.4, -0.2) is 37.1 Å². The first-order valence-corrected chi connectivity index (χ1v) is 7.54. The predicted molar refractivity (Wildman–Crippen MR) is 85.2 cm³/mol. The number of hydrogen-bond donors (Lipinski definition) is 0. The number of methoxy groups -OCH3 is 2. The van der Waals surface area contributed by atoms with Gasteiger partial charge in [-0.15, -0.1) is 0 Å². The summed E-state index contributed by atoms with van der Waals surface area (Å²) in [7, 11) is 3.16. The predicted octanol–water partition coefficient (Wildman–Crippen LogP) is 3.74. The van der Waals surface area contributed by atoms with E-state index in [0.29, 0.717) is 17.1 Å². The first-order chi connectivity index (χ1) is 9.99. The molecule has 2 atom stereocenters. The highest BCUT2D eigenvalue weighted by molar-refractivity contribution is 5.95. The van der Waals surface area contributed by atoms with E-state index in [-0.39, 0.29) is 18.0 Å². The van der Waals surface area contributed by atoms with Gasteiger partial charge in [-0.1, -0.05) is 13.8 Å². The van der Waals surface area contributed by atoms with Gasteiger partial charge in [0.2, 0.25) is 0 Å². The Morgan fingerprint density at radius 2 is 1.57 bits per heavy atom. The zero-order valence-electron chi connectivity index (χ0n) is 14.0. The fraction of sp³-hybridized carbons (Fsp3) is 0.588. The second-order valence-corrected chi connectivity index (χ2v) is 5.30. The van der Waals surface area contributed by atoms with E-state index >= 15 is 0 Å². The van der Waals surface area contributed by atoms with E-state index in [4.69, 9.17) is 9.47 Å². The highest BCUT2D eigenvalue weighted by atomic mass is 16.5. The van der Waals surface area contributed by atoms with E-state index < -0.39 is 0 Å². The molecule has 1 amide bonds. The molecule has 0 heterocycles. The molecule has 1 rings (SSSR count). The maximum absolute atomic E-state index is 12.8. The first-order valence-electron chi connectivity index (χ1n) is 7.54. The number of nitrogens with zero attached hydrogens (tertiary/aromatic N) is 1. The summed E-state index contributed by atoms with van der Waals surface area (Å²) in [4.78, 5) is 14.8. The second kappa shape index (κ2) is 7.91. The van der Waals surface area contributed by atoms with E-state index in [0.717, 1.165) is 12.8 Å². The summed E-state index contributed by atoms with van der Waals surface area (Å²) >= 11 is 0. The van der Waals surface area contributed by atoms with E-state index in [1.807, 2.05) is 4.90 Å². The molecular weight excluding hydrogens is 266 g/mol. The molecule has 0 bridgehead atoms. The number of hydrogen-bond acceptors (Lipinski definition) is 3. The number of rotatable bonds is 7. The molecule has 0 aromatic heterocycles. The van der Waals surface area contributed by atoms with Gasteiger partial charge in [0.05, 0.1) is 14.2 Å². The number of benzene rings is 1. The Kier molecular flexibility index (Phi) is 6.53. The summed E-state index contributed by atoms with van der Waals surface area (Å²) in [6, 6.07) is 5.73. The lowest BCUT2D eigenvalue weighted by molar-refractivity contribution is 0.0598. The molecule has 0 fully saturated rings. The monoisotopic (exact) mass is 293 g/mol. The Labute approximate surface area is 128 Å². The molecule has 0 radical (unpaired) electrons. The van der Waals surface area contributed by atoms with Crippen LogP contribution >= 0.6 is 0 Å². The van der Waals surface area contributed by atoms with Crippen LogP contribution in [0, 0.1) is 0 Å². The minimum absolute atomic E-state index is 0.0413. The Hall–Kier alpha value is -1.71. The van der Waals surface area contributed by atoms with Gasteiger partial charge in [-0.25, -0.2) is 0 Å². The maximum atomic E-state index is 12.8. The highest BCUT2D eigenvalue weighted by Gasteiger charge is 2.25. The van der Waals surface area contributed by atoms with Crippen molar-refractivity contribution in [2.24, 2.45) is 0 Å². The summed E-state index contributed by atoms with van der Waals surface area (Å²) in [6.45, 7) is 8.37. The van der Waals surface area contributed by atoms with Gasteiger partial charge in [0.15, 0.2) is 11.5 Å². The number of ether oxygens (including phenoxy) is 2. The van der Waals surface area contributed by atoms with Crippen LogP contribution in [0.2, 0.25) is 0 Å². The Bertz CT molecular complexity index is 463. The second-order valence-electron chi connectivity index (χ2n) is 5.30. The van der Waals surface area contributed by atoms with Crippen molar-refractivity contribution < 1.29 is 14.3 Å². The average Bonchev–Trinajstić information content (AvgIpc) is 2.53. The fourth-order valence-corrected chi connectivity index (χ4v) is 2.35. The lowest BCUT2D eigenvalue weighted by Gasteiger charge is -2.34. The zero-order valence-corrected chi connectivity index (χ0v) is 14.0. The summed E-state index contributed by atoms with van der Waals surface area (Å²) < 4.78 is 10.5. The van der Waals surface area contributed by atoms with Gasteiger partial charge >= 0.3 is 0 Å². The molecular formula is C17H27NO3. The molecule has 21 heavy (non-hydrogen) atoms. The SMILES string of the molecule is CC[C@@H](C)N(C(=O)c1ccc(OC)c(OC)c1)[C@@H](C)CC. The van der Waals surface area contributed by atoms with Gasteiger partial charge in [0.1, 0.15) is 0 Å². The molecule has 0 saturated heterocycles. The van der Waals surface area contributed by atoms with Gasteiger partial charge in [-0.05, 0) is 44.9 Å². The standard InChI is InChI=1S/C17H27NO3/c1-7-12(3)18(13(4)8-2)17(19)14-9-10-15(20-5)16(11-14)21-6/h9-13H,7-8H2,1-6H3/t12-,13+. The van der Waals surface area contributed by atoms with Crippen LogP contribution < -0.4 is 9.47 Å². The molecule has 0 saturated carbocycles. The maximum Gasteiger partial charge on any atom is 0.254 e. The third-order valence-corrected chi connectivity index (χ3v) is 4.00. The van der Waals surface area contributed by atoms with Crippen molar-refractivity contribution in [3.05, 3.63) is 23.8 Å². The van der Waals surface area contributed by atoms with E-state index in [9.17, 15) is 4.79 Å². The smallest absolute Gasteiger partial charge is 0.254 e. The van der Waals surface area contributed by atoms with Crippen LogP contribution in [0.15, 0.2) is 18.2 Å². The molecule has 118 valence electrons. The molecule has 1 aromatic carbocycles. The van der Waals surface area contributed by atoms with Crippen molar-refractivity contribution in [3.63, 3.8) is 0 Å². The minimum Gasteiger partial charge on any atom is -0.493 e. The van der Waals surface area contributed by atoms with Crippen LogP contribution in [-0.2, 0) is 0 Å². The molecule has 0 aliphatic carbocycles. The molecule has 4 heteroatoms. The topological polar surface area (TPSA) is 38.8 Å². The van der Waals surface area contributed by atoms with Crippen LogP contribution in [0.5, 0.6) is 11.5 Å². The summed E-state index contributed by atoms with van der Waals surface area (Å²) in [5.41, 5.74) is 0.633. The van der Waals surface area contributed by atoms with Gasteiger partial charge < -0.3 is 14.4 Å². The zero-order chi connectivity index (χ0) is 16.0. The molecule has 1 aromatic rings. The third-order valence-electron chi connectivity index (χ3n) is 4.00. The third kappa shape index (κ3) is 3.90. The van der Waals surface area contributed by atoms with Crippen molar-refractivity contribution in [2.75, 3.05) is 14.2 Å². The van der Waals surface area contributed by atoms with Gasteiger partial charge in [-0.3, -0.25) is 4.79 Å². The average molecular weight is 293 g/mol. The summed E-state index contributed by atoms with van der Waals surface area (Å²) in [5.74, 6) is 1.25. The van der Waals surface area contributed by atoms with Crippen LogP contribution in [0.1, 0.15) is 50.9 Å². The largest absolute Gasteiger partial charge is 0.493 e. The Morgan fingerprint density at radius 3 is 2.00 bits per heavy atom. The van der Waals surface area contributed by atoms with Crippen molar-refractivity contribution in [3.8, 4) is 11.5 Å². The van der Waals surface area contributed by atoms with E-state index in [1.165, 1.54) is 0 Å². The number of carbonyl (C=O) groups is 1. The Balaban J connectivity index is 3.14. The lowest BCUT2D eigenvalue weighted by Crippen LogP contribution is -2.44. The van der Waals surface area contributed by atoms with Gasteiger partial charge in [0, 0.05) is 17.6 Å². The fourth-order valence-electron chi connectivity index (χ4n) is 2.35. The van der Waals surface area contributed by atoms with Gasteiger partial charge in [-0.2, -0.15) is 0 Å². The van der Waals surface area contributed by atoms with Gasteiger partial charge in [0.25, 0.3) is 5.91 Å². The first kappa shape index (κ1) is 17.3. The minimum atomic E-state index is 0.0413. The van der Waals surface area contributed by atoms with E-state index in [1.54, 1.807) is 32.4 Å². The van der Waals surface area contributed by atoms with Crippen molar-refractivity contribution in [2.45, 2.75) is 52.6 Å².